The molecule has 0 radical (unpaired) electrons. The van der Waals surface area contributed by atoms with E-state index in [2.05, 4.69) is 5.32 Å². The Balaban J connectivity index is 2.68. The summed E-state index contributed by atoms with van der Waals surface area (Å²) in [6.07, 6.45) is 1.46. The summed E-state index contributed by atoms with van der Waals surface area (Å²) in [5.74, 6) is -2.51. The number of hydrogen-bond acceptors (Lipinski definition) is 1. The highest BCUT2D eigenvalue weighted by Gasteiger charge is 2.48. The highest BCUT2D eigenvalue weighted by atomic mass is 19.3. The molecular formula is C9H17F2N. The van der Waals surface area contributed by atoms with Crippen molar-refractivity contribution in [1.29, 1.82) is 0 Å². The molecule has 1 saturated heterocycles. The molecule has 0 saturated carbocycles. The summed E-state index contributed by atoms with van der Waals surface area (Å²) in [5, 5.41) is 3.04. The molecule has 1 aliphatic heterocycles. The third-order valence-corrected chi connectivity index (χ3v) is 2.92. The van der Waals surface area contributed by atoms with Gasteiger partial charge in [0.1, 0.15) is 0 Å². The van der Waals surface area contributed by atoms with Crippen molar-refractivity contribution < 1.29 is 8.78 Å². The molecule has 0 aliphatic carbocycles. The van der Waals surface area contributed by atoms with Gasteiger partial charge in [-0.2, -0.15) is 0 Å². The molecule has 0 amide bonds. The van der Waals surface area contributed by atoms with Gasteiger partial charge in [0.15, 0.2) is 0 Å². The largest absolute Gasteiger partial charge is 0.316 e. The van der Waals surface area contributed by atoms with Crippen molar-refractivity contribution >= 4 is 0 Å². The van der Waals surface area contributed by atoms with Crippen LogP contribution in [0.25, 0.3) is 0 Å². The van der Waals surface area contributed by atoms with Gasteiger partial charge in [-0.3, -0.25) is 0 Å². The third kappa shape index (κ3) is 1.60. The lowest BCUT2D eigenvalue weighted by Crippen LogP contribution is -2.49. The molecule has 1 rings (SSSR count). The summed E-state index contributed by atoms with van der Waals surface area (Å²) in [7, 11) is 0. The molecule has 1 aliphatic rings. The van der Waals surface area contributed by atoms with E-state index in [1.54, 1.807) is 13.8 Å². The number of hydrogen-bond donors (Lipinski definition) is 1. The minimum Gasteiger partial charge on any atom is -0.316 e. The second-order valence-electron chi connectivity index (χ2n) is 3.90. The van der Waals surface area contributed by atoms with Crippen molar-refractivity contribution in [3.63, 3.8) is 0 Å². The number of halogens is 2. The third-order valence-electron chi connectivity index (χ3n) is 2.92. The molecule has 1 heterocycles. The summed E-state index contributed by atoms with van der Waals surface area (Å²) in [4.78, 5) is 0. The Morgan fingerprint density at radius 1 is 1.50 bits per heavy atom. The predicted molar refractivity (Wildman–Crippen MR) is 45.4 cm³/mol. The molecule has 0 aromatic carbocycles. The topological polar surface area (TPSA) is 12.0 Å². The van der Waals surface area contributed by atoms with Gasteiger partial charge in [-0.05, 0) is 19.4 Å². The van der Waals surface area contributed by atoms with Crippen LogP contribution in [0.1, 0.15) is 33.1 Å². The van der Waals surface area contributed by atoms with E-state index >= 15 is 0 Å². The Kier molecular flexibility index (Phi) is 2.71. The highest BCUT2D eigenvalue weighted by Crippen LogP contribution is 2.43. The normalized spacial score (nSPS) is 32.0. The maximum absolute atomic E-state index is 13.4. The molecule has 1 unspecified atom stereocenters. The van der Waals surface area contributed by atoms with Gasteiger partial charge in [0.2, 0.25) is 0 Å². The van der Waals surface area contributed by atoms with Gasteiger partial charge in [0.05, 0.1) is 0 Å². The molecule has 3 heteroatoms. The van der Waals surface area contributed by atoms with Crippen LogP contribution in [0.15, 0.2) is 0 Å². The van der Waals surface area contributed by atoms with Gasteiger partial charge in [-0.25, -0.2) is 8.78 Å². The molecule has 12 heavy (non-hydrogen) atoms. The van der Waals surface area contributed by atoms with Gasteiger partial charge < -0.3 is 5.32 Å². The predicted octanol–water partition coefficient (Wildman–Crippen LogP) is 2.42. The van der Waals surface area contributed by atoms with Crippen molar-refractivity contribution in [1.82, 2.24) is 5.32 Å². The zero-order valence-electron chi connectivity index (χ0n) is 7.79. The number of nitrogens with one attached hydrogen (secondary N) is 1. The smallest absolute Gasteiger partial charge is 0.254 e. The van der Waals surface area contributed by atoms with Crippen LogP contribution in [0.2, 0.25) is 0 Å². The standard InChI is InChI=1S/C9H17F2N/c1-3-9(10,11)8(2)5-4-6-12-7-8/h12H,3-7H2,1-2H3. The molecular weight excluding hydrogens is 160 g/mol. The monoisotopic (exact) mass is 177 g/mol. The average molecular weight is 177 g/mol. The second kappa shape index (κ2) is 3.29. The summed E-state index contributed by atoms with van der Waals surface area (Å²) >= 11 is 0. The van der Waals surface area contributed by atoms with E-state index in [-0.39, 0.29) is 6.42 Å². The molecule has 0 aromatic rings. The molecule has 1 atom stereocenters. The fourth-order valence-electron chi connectivity index (χ4n) is 1.80. The van der Waals surface area contributed by atoms with Gasteiger partial charge in [0, 0.05) is 18.4 Å². The molecule has 0 aromatic heterocycles. The van der Waals surface area contributed by atoms with Crippen LogP contribution in [0.4, 0.5) is 8.78 Å². The molecule has 1 N–H and O–H groups in total. The first-order valence-corrected chi connectivity index (χ1v) is 4.60. The summed E-state index contributed by atoms with van der Waals surface area (Å²) in [5.41, 5.74) is -0.819. The van der Waals surface area contributed by atoms with Crippen LogP contribution in [0.5, 0.6) is 0 Å². The summed E-state index contributed by atoms with van der Waals surface area (Å²) in [6, 6.07) is 0. The molecule has 0 bridgehead atoms. The van der Waals surface area contributed by atoms with Crippen molar-refractivity contribution in [3.05, 3.63) is 0 Å². The fourth-order valence-corrected chi connectivity index (χ4v) is 1.80. The highest BCUT2D eigenvalue weighted by molar-refractivity contribution is 4.92. The van der Waals surface area contributed by atoms with Gasteiger partial charge in [-0.15, -0.1) is 0 Å². The molecule has 72 valence electrons. The zero-order valence-corrected chi connectivity index (χ0v) is 7.79. The van der Waals surface area contributed by atoms with Gasteiger partial charge >= 0.3 is 0 Å². The SMILES string of the molecule is CCC(F)(F)C1(C)CCCNC1. The lowest BCUT2D eigenvalue weighted by Gasteiger charge is -2.40. The van der Waals surface area contributed by atoms with Crippen molar-refractivity contribution in [3.8, 4) is 0 Å². The van der Waals surface area contributed by atoms with E-state index in [4.69, 9.17) is 0 Å². The quantitative estimate of drug-likeness (QED) is 0.683. The van der Waals surface area contributed by atoms with Crippen LogP contribution >= 0.6 is 0 Å². The average Bonchev–Trinajstić information content (AvgIpc) is 2.06. The van der Waals surface area contributed by atoms with Crippen molar-refractivity contribution in [2.75, 3.05) is 13.1 Å². The molecule has 1 fully saturated rings. The van der Waals surface area contributed by atoms with E-state index in [1.807, 2.05) is 0 Å². The maximum atomic E-state index is 13.4. The van der Waals surface area contributed by atoms with Crippen LogP contribution in [0, 0.1) is 5.41 Å². The fraction of sp³-hybridized carbons (Fsp3) is 1.00. The van der Waals surface area contributed by atoms with Crippen LogP contribution in [-0.2, 0) is 0 Å². The summed E-state index contributed by atoms with van der Waals surface area (Å²) in [6.45, 7) is 4.58. The number of piperidine rings is 1. The lowest BCUT2D eigenvalue weighted by molar-refractivity contribution is -0.125. The Morgan fingerprint density at radius 3 is 2.58 bits per heavy atom. The minimum atomic E-state index is -2.51. The van der Waals surface area contributed by atoms with E-state index < -0.39 is 11.3 Å². The number of rotatable bonds is 2. The van der Waals surface area contributed by atoms with Crippen molar-refractivity contribution in [2.24, 2.45) is 5.41 Å². The van der Waals surface area contributed by atoms with Crippen LogP contribution in [0.3, 0.4) is 0 Å². The molecule has 1 nitrogen and oxygen atoms in total. The molecule has 0 spiro atoms. The Labute approximate surface area is 72.5 Å². The first kappa shape index (κ1) is 9.90. The summed E-state index contributed by atoms with van der Waals surface area (Å²) < 4.78 is 26.8. The first-order valence-electron chi connectivity index (χ1n) is 4.60. The second-order valence-corrected chi connectivity index (χ2v) is 3.90. The minimum absolute atomic E-state index is 0.0504. The van der Waals surface area contributed by atoms with Crippen LogP contribution < -0.4 is 5.32 Å². The lowest BCUT2D eigenvalue weighted by atomic mass is 9.76. The maximum Gasteiger partial charge on any atom is 0.254 e. The van der Waals surface area contributed by atoms with Crippen LogP contribution in [-0.4, -0.2) is 19.0 Å². The Bertz CT molecular complexity index is 151. The van der Waals surface area contributed by atoms with E-state index in [9.17, 15) is 8.78 Å². The van der Waals surface area contributed by atoms with Crippen molar-refractivity contribution in [2.45, 2.75) is 39.0 Å². The first-order chi connectivity index (χ1) is 5.52. The zero-order chi connectivity index (χ0) is 9.24. The van der Waals surface area contributed by atoms with E-state index in [0.29, 0.717) is 13.0 Å². The Morgan fingerprint density at radius 2 is 2.17 bits per heavy atom. The Hall–Kier alpha value is -0.180. The number of alkyl halides is 2. The van der Waals surface area contributed by atoms with E-state index in [0.717, 1.165) is 13.0 Å². The van der Waals surface area contributed by atoms with E-state index in [1.165, 1.54) is 0 Å². The van der Waals surface area contributed by atoms with Gasteiger partial charge in [-0.1, -0.05) is 13.8 Å². The van der Waals surface area contributed by atoms with Gasteiger partial charge in [0.25, 0.3) is 5.92 Å².